The van der Waals surface area contributed by atoms with Crippen LogP contribution in [0.3, 0.4) is 0 Å². The SMILES string of the molecule is C=C(/C=C(/CC1CC1)NC)Nc1ccnc(NC(C)c2ccc3nc[nH]c3c2)n1. The van der Waals surface area contributed by atoms with Crippen LogP contribution in [0.25, 0.3) is 11.0 Å². The van der Waals surface area contributed by atoms with E-state index in [1.165, 1.54) is 18.5 Å². The van der Waals surface area contributed by atoms with Crippen molar-refractivity contribution < 1.29 is 0 Å². The summed E-state index contributed by atoms with van der Waals surface area (Å²) in [5, 5.41) is 9.88. The standard InChI is InChI=1S/C22H27N7/c1-14(10-18(23-3)11-16-4-5-16)27-21-8-9-24-22(29-21)28-15(2)17-6-7-19-20(12-17)26-13-25-19/h6-10,12-13,15-16,23H,1,4-5,11H2,2-3H3,(H,25,26)(H2,24,27,28,29)/b18-10-. The molecule has 0 spiro atoms. The number of hydrogen-bond acceptors (Lipinski definition) is 6. The monoisotopic (exact) mass is 389 g/mol. The number of allylic oxidation sites excluding steroid dienone is 2. The smallest absolute Gasteiger partial charge is 0.225 e. The average molecular weight is 390 g/mol. The van der Waals surface area contributed by atoms with E-state index < -0.39 is 0 Å². The van der Waals surface area contributed by atoms with E-state index in [9.17, 15) is 0 Å². The highest BCUT2D eigenvalue weighted by Gasteiger charge is 2.22. The Hall–Kier alpha value is -3.35. The number of anilines is 2. The van der Waals surface area contributed by atoms with E-state index in [4.69, 9.17) is 0 Å². The first-order valence-corrected chi connectivity index (χ1v) is 9.97. The van der Waals surface area contributed by atoms with Crippen LogP contribution in [-0.4, -0.2) is 27.0 Å². The molecule has 1 saturated carbocycles. The maximum Gasteiger partial charge on any atom is 0.225 e. The first kappa shape index (κ1) is 19.0. The van der Waals surface area contributed by atoms with Crippen LogP contribution in [0.2, 0.25) is 0 Å². The Balaban J connectivity index is 1.41. The molecule has 1 fully saturated rings. The van der Waals surface area contributed by atoms with Gasteiger partial charge >= 0.3 is 0 Å². The molecule has 4 rings (SSSR count). The van der Waals surface area contributed by atoms with E-state index in [1.807, 2.05) is 19.2 Å². The van der Waals surface area contributed by atoms with Gasteiger partial charge in [0.2, 0.25) is 5.95 Å². The van der Waals surface area contributed by atoms with Gasteiger partial charge in [-0.3, -0.25) is 0 Å². The van der Waals surface area contributed by atoms with Crippen LogP contribution in [0.15, 0.2) is 60.8 Å². The second-order valence-corrected chi connectivity index (χ2v) is 7.53. The second-order valence-electron chi connectivity index (χ2n) is 7.53. The number of nitrogens with one attached hydrogen (secondary N) is 4. The van der Waals surface area contributed by atoms with E-state index in [-0.39, 0.29) is 6.04 Å². The van der Waals surface area contributed by atoms with Gasteiger partial charge in [-0.1, -0.05) is 12.6 Å². The highest BCUT2D eigenvalue weighted by atomic mass is 15.1. The number of imidazole rings is 1. The predicted octanol–water partition coefficient (Wildman–Crippen LogP) is 4.36. The third-order valence-electron chi connectivity index (χ3n) is 5.11. The first-order valence-electron chi connectivity index (χ1n) is 9.97. The van der Waals surface area contributed by atoms with Crippen LogP contribution in [0.5, 0.6) is 0 Å². The van der Waals surface area contributed by atoms with Gasteiger partial charge in [0.25, 0.3) is 0 Å². The molecule has 29 heavy (non-hydrogen) atoms. The molecule has 0 bridgehead atoms. The van der Waals surface area contributed by atoms with Gasteiger partial charge in [-0.15, -0.1) is 0 Å². The Morgan fingerprint density at radius 3 is 2.97 bits per heavy atom. The molecule has 0 aliphatic heterocycles. The quantitative estimate of drug-likeness (QED) is 0.407. The number of nitrogens with zero attached hydrogens (tertiary/aromatic N) is 3. The molecular weight excluding hydrogens is 362 g/mol. The summed E-state index contributed by atoms with van der Waals surface area (Å²) in [6.45, 7) is 6.19. The van der Waals surface area contributed by atoms with Crippen LogP contribution < -0.4 is 16.0 Å². The van der Waals surface area contributed by atoms with Gasteiger partial charge in [0.1, 0.15) is 5.82 Å². The van der Waals surface area contributed by atoms with Gasteiger partial charge in [-0.25, -0.2) is 9.97 Å². The molecular formula is C22H27N7. The van der Waals surface area contributed by atoms with E-state index in [1.54, 1.807) is 12.5 Å². The summed E-state index contributed by atoms with van der Waals surface area (Å²) in [5.74, 6) is 2.09. The van der Waals surface area contributed by atoms with Gasteiger partial charge in [0.05, 0.1) is 23.4 Å². The van der Waals surface area contributed by atoms with Gasteiger partial charge in [-0.2, -0.15) is 4.98 Å². The summed E-state index contributed by atoms with van der Waals surface area (Å²) in [6, 6.07) is 8.05. The van der Waals surface area contributed by atoms with Crippen molar-refractivity contribution in [3.05, 3.63) is 66.4 Å². The molecule has 7 nitrogen and oxygen atoms in total. The number of fused-ring (bicyclic) bond motifs is 1. The summed E-state index contributed by atoms with van der Waals surface area (Å²) < 4.78 is 0. The van der Waals surface area contributed by atoms with Crippen molar-refractivity contribution in [2.24, 2.45) is 5.92 Å². The van der Waals surface area contributed by atoms with Crippen molar-refractivity contribution in [3.63, 3.8) is 0 Å². The van der Waals surface area contributed by atoms with Crippen LogP contribution in [0.1, 0.15) is 37.8 Å². The lowest BCUT2D eigenvalue weighted by Gasteiger charge is -2.15. The van der Waals surface area contributed by atoms with Crippen molar-refractivity contribution in [2.75, 3.05) is 17.7 Å². The molecule has 7 heteroatoms. The minimum Gasteiger partial charge on any atom is -0.391 e. The molecule has 2 aromatic heterocycles. The Bertz CT molecular complexity index is 1030. The van der Waals surface area contributed by atoms with Crippen molar-refractivity contribution in [1.82, 2.24) is 25.3 Å². The zero-order chi connectivity index (χ0) is 20.2. The third kappa shape index (κ3) is 4.93. The van der Waals surface area contributed by atoms with Gasteiger partial charge in [0.15, 0.2) is 0 Å². The maximum absolute atomic E-state index is 4.57. The largest absolute Gasteiger partial charge is 0.391 e. The van der Waals surface area contributed by atoms with E-state index in [2.05, 4.69) is 67.6 Å². The summed E-state index contributed by atoms with van der Waals surface area (Å²) in [7, 11) is 1.95. The fourth-order valence-corrected chi connectivity index (χ4v) is 3.27. The minimum absolute atomic E-state index is 0.0514. The topological polar surface area (TPSA) is 90.5 Å². The van der Waals surface area contributed by atoms with E-state index >= 15 is 0 Å². The van der Waals surface area contributed by atoms with E-state index in [0.717, 1.165) is 34.6 Å². The molecule has 1 aliphatic carbocycles. The normalized spacial score (nSPS) is 15.2. The molecule has 1 atom stereocenters. The van der Waals surface area contributed by atoms with Gasteiger partial charge in [-0.05, 0) is 61.9 Å². The first-order chi connectivity index (χ1) is 14.1. The molecule has 2 heterocycles. The van der Waals surface area contributed by atoms with Gasteiger partial charge in [0, 0.05) is 24.6 Å². The minimum atomic E-state index is 0.0514. The number of aromatic nitrogens is 4. The van der Waals surface area contributed by atoms with Crippen molar-refractivity contribution in [2.45, 2.75) is 32.2 Å². The summed E-state index contributed by atoms with van der Waals surface area (Å²) in [5.41, 5.74) is 5.10. The lowest BCUT2D eigenvalue weighted by molar-refractivity contribution is 0.757. The molecule has 4 N–H and O–H groups in total. The Morgan fingerprint density at radius 2 is 2.17 bits per heavy atom. The molecule has 150 valence electrons. The van der Waals surface area contributed by atoms with Crippen LogP contribution in [-0.2, 0) is 0 Å². The number of benzene rings is 1. The Labute approximate surface area is 170 Å². The molecule has 1 aromatic carbocycles. The summed E-state index contributed by atoms with van der Waals surface area (Å²) in [6.07, 6.45) is 9.22. The highest BCUT2D eigenvalue weighted by molar-refractivity contribution is 5.75. The summed E-state index contributed by atoms with van der Waals surface area (Å²) >= 11 is 0. The molecule has 1 aliphatic rings. The number of rotatable bonds is 9. The van der Waals surface area contributed by atoms with Crippen LogP contribution in [0, 0.1) is 5.92 Å². The second kappa shape index (κ2) is 8.34. The Kier molecular flexibility index (Phi) is 5.46. The highest BCUT2D eigenvalue weighted by Crippen LogP contribution is 2.34. The molecule has 0 saturated heterocycles. The number of H-pyrrole nitrogens is 1. The van der Waals surface area contributed by atoms with Crippen molar-refractivity contribution >= 4 is 22.8 Å². The molecule has 0 amide bonds. The Morgan fingerprint density at radius 1 is 1.31 bits per heavy atom. The fourth-order valence-electron chi connectivity index (χ4n) is 3.27. The predicted molar refractivity (Wildman–Crippen MR) is 117 cm³/mol. The number of hydrogen-bond donors (Lipinski definition) is 4. The summed E-state index contributed by atoms with van der Waals surface area (Å²) in [4.78, 5) is 16.3. The van der Waals surface area contributed by atoms with Crippen molar-refractivity contribution in [1.29, 1.82) is 0 Å². The fraction of sp³-hybridized carbons (Fsp3) is 0.318. The third-order valence-corrected chi connectivity index (χ3v) is 5.11. The maximum atomic E-state index is 4.57. The van der Waals surface area contributed by atoms with Crippen molar-refractivity contribution in [3.8, 4) is 0 Å². The average Bonchev–Trinajstić information content (AvgIpc) is 3.40. The molecule has 0 radical (unpaired) electrons. The van der Waals surface area contributed by atoms with Gasteiger partial charge < -0.3 is 20.9 Å². The van der Waals surface area contributed by atoms with Crippen LogP contribution in [0.4, 0.5) is 11.8 Å². The van der Waals surface area contributed by atoms with Crippen LogP contribution >= 0.6 is 0 Å². The lowest BCUT2D eigenvalue weighted by Crippen LogP contribution is -2.11. The number of aromatic amines is 1. The zero-order valence-electron chi connectivity index (χ0n) is 16.9. The lowest BCUT2D eigenvalue weighted by atomic mass is 10.1. The zero-order valence-corrected chi connectivity index (χ0v) is 16.9. The molecule has 1 unspecified atom stereocenters. The molecule has 3 aromatic rings. The van der Waals surface area contributed by atoms with E-state index in [0.29, 0.717) is 11.8 Å².